The first-order chi connectivity index (χ1) is 9.30. The van der Waals surface area contributed by atoms with Crippen LogP contribution in [0.25, 0.3) is 0 Å². The van der Waals surface area contributed by atoms with Gasteiger partial charge in [0.05, 0.1) is 5.69 Å². The Morgan fingerprint density at radius 3 is 2.50 bits per heavy atom. The molecule has 1 aliphatic carbocycles. The number of hydrogen-bond donors (Lipinski definition) is 2. The standard InChI is InChI=1S/C15H24N4O/c1-15(2)8-6-10(7-9-15)19(3)14-11(16)4-5-12(18-14)13(17)20/h4-5,10H,6-9,16H2,1-3H3,(H2,17,20). The Labute approximate surface area is 120 Å². The van der Waals surface area contributed by atoms with Crippen molar-refractivity contribution in [2.75, 3.05) is 17.7 Å². The minimum atomic E-state index is -0.524. The summed E-state index contributed by atoms with van der Waals surface area (Å²) in [7, 11) is 1.99. The van der Waals surface area contributed by atoms with E-state index in [1.165, 1.54) is 12.8 Å². The second kappa shape index (κ2) is 5.31. The molecule has 0 spiro atoms. The van der Waals surface area contributed by atoms with Crippen molar-refractivity contribution >= 4 is 17.4 Å². The number of amides is 1. The van der Waals surface area contributed by atoms with Gasteiger partial charge in [0, 0.05) is 13.1 Å². The molecule has 4 N–H and O–H groups in total. The van der Waals surface area contributed by atoms with Crippen LogP contribution < -0.4 is 16.4 Å². The third-order valence-corrected chi connectivity index (χ3v) is 4.35. The van der Waals surface area contributed by atoms with Gasteiger partial charge in [0.25, 0.3) is 5.91 Å². The molecule has 5 heteroatoms. The highest BCUT2D eigenvalue weighted by molar-refractivity contribution is 5.91. The highest BCUT2D eigenvalue weighted by Gasteiger charge is 2.30. The first kappa shape index (κ1) is 14.6. The zero-order chi connectivity index (χ0) is 14.9. The molecule has 0 radical (unpaired) electrons. The largest absolute Gasteiger partial charge is 0.396 e. The summed E-state index contributed by atoms with van der Waals surface area (Å²) in [6.45, 7) is 4.62. The van der Waals surface area contributed by atoms with E-state index in [4.69, 9.17) is 11.5 Å². The van der Waals surface area contributed by atoms with E-state index in [2.05, 4.69) is 23.7 Å². The Hall–Kier alpha value is -1.78. The molecule has 1 heterocycles. The van der Waals surface area contributed by atoms with Crippen LogP contribution in [-0.4, -0.2) is 24.0 Å². The molecule has 0 atom stereocenters. The third kappa shape index (κ3) is 3.03. The van der Waals surface area contributed by atoms with Crippen molar-refractivity contribution < 1.29 is 4.79 Å². The predicted molar refractivity (Wildman–Crippen MR) is 81.6 cm³/mol. The SMILES string of the molecule is CN(c1nc(C(N)=O)ccc1N)C1CCC(C)(C)CC1. The van der Waals surface area contributed by atoms with Crippen LogP contribution in [-0.2, 0) is 0 Å². The summed E-state index contributed by atoms with van der Waals surface area (Å²) in [6.07, 6.45) is 4.62. The van der Waals surface area contributed by atoms with Crippen LogP contribution in [0.1, 0.15) is 50.0 Å². The lowest BCUT2D eigenvalue weighted by atomic mass is 9.75. The number of nitrogens with zero attached hydrogens (tertiary/aromatic N) is 2. The Kier molecular flexibility index (Phi) is 3.88. The zero-order valence-electron chi connectivity index (χ0n) is 12.5. The molecular formula is C15H24N4O. The lowest BCUT2D eigenvalue weighted by molar-refractivity contribution is 0.0995. The average Bonchev–Trinajstić information content (AvgIpc) is 2.38. The molecule has 1 fully saturated rings. The Morgan fingerprint density at radius 1 is 1.35 bits per heavy atom. The lowest BCUT2D eigenvalue weighted by Gasteiger charge is -2.39. The summed E-state index contributed by atoms with van der Waals surface area (Å²) in [5, 5.41) is 0. The van der Waals surface area contributed by atoms with Gasteiger partial charge in [-0.3, -0.25) is 4.79 Å². The molecule has 5 nitrogen and oxygen atoms in total. The highest BCUT2D eigenvalue weighted by atomic mass is 16.1. The Bertz CT molecular complexity index is 503. The summed E-state index contributed by atoms with van der Waals surface area (Å²) in [6, 6.07) is 3.69. The summed E-state index contributed by atoms with van der Waals surface area (Å²) >= 11 is 0. The maximum absolute atomic E-state index is 11.2. The van der Waals surface area contributed by atoms with Crippen molar-refractivity contribution in [2.24, 2.45) is 11.1 Å². The molecule has 0 aliphatic heterocycles. The topological polar surface area (TPSA) is 85.2 Å². The predicted octanol–water partition coefficient (Wildman–Crippen LogP) is 2.17. The molecule has 1 aromatic heterocycles. The van der Waals surface area contributed by atoms with Gasteiger partial charge in [0.1, 0.15) is 5.69 Å². The van der Waals surface area contributed by atoms with Gasteiger partial charge in [0.15, 0.2) is 5.82 Å². The van der Waals surface area contributed by atoms with Crippen LogP contribution in [0.3, 0.4) is 0 Å². The van der Waals surface area contributed by atoms with Crippen LogP contribution in [0.5, 0.6) is 0 Å². The van der Waals surface area contributed by atoms with Crippen LogP contribution in [0.2, 0.25) is 0 Å². The first-order valence-corrected chi connectivity index (χ1v) is 7.09. The van der Waals surface area contributed by atoms with Crippen molar-refractivity contribution in [3.05, 3.63) is 17.8 Å². The molecule has 20 heavy (non-hydrogen) atoms. The van der Waals surface area contributed by atoms with Crippen molar-refractivity contribution in [1.29, 1.82) is 0 Å². The minimum absolute atomic E-state index is 0.261. The fourth-order valence-corrected chi connectivity index (χ4v) is 2.82. The fourth-order valence-electron chi connectivity index (χ4n) is 2.82. The van der Waals surface area contributed by atoms with Gasteiger partial charge in [-0.15, -0.1) is 0 Å². The lowest BCUT2D eigenvalue weighted by Crippen LogP contribution is -2.38. The van der Waals surface area contributed by atoms with E-state index >= 15 is 0 Å². The molecule has 0 saturated heterocycles. The number of hydrogen-bond acceptors (Lipinski definition) is 4. The number of pyridine rings is 1. The smallest absolute Gasteiger partial charge is 0.267 e. The molecule has 0 aromatic carbocycles. The molecular weight excluding hydrogens is 252 g/mol. The summed E-state index contributed by atoms with van der Waals surface area (Å²) < 4.78 is 0. The van der Waals surface area contributed by atoms with E-state index in [1.807, 2.05) is 7.05 Å². The van der Waals surface area contributed by atoms with E-state index in [0.29, 0.717) is 23.0 Å². The summed E-state index contributed by atoms with van der Waals surface area (Å²) in [5.41, 5.74) is 12.5. The molecule has 110 valence electrons. The van der Waals surface area contributed by atoms with Crippen LogP contribution in [0.15, 0.2) is 12.1 Å². The summed E-state index contributed by atoms with van der Waals surface area (Å²) in [4.78, 5) is 17.7. The Morgan fingerprint density at radius 2 is 1.95 bits per heavy atom. The van der Waals surface area contributed by atoms with E-state index in [0.717, 1.165) is 12.8 Å². The zero-order valence-corrected chi connectivity index (χ0v) is 12.5. The number of primary amides is 1. The van der Waals surface area contributed by atoms with Gasteiger partial charge < -0.3 is 16.4 Å². The number of aromatic nitrogens is 1. The number of nitrogens with two attached hydrogens (primary N) is 2. The molecule has 0 bridgehead atoms. The molecule has 0 unspecified atom stereocenters. The van der Waals surface area contributed by atoms with Gasteiger partial charge in [-0.25, -0.2) is 4.98 Å². The Balaban J connectivity index is 2.19. The molecule has 2 rings (SSSR count). The monoisotopic (exact) mass is 276 g/mol. The van der Waals surface area contributed by atoms with Crippen LogP contribution in [0.4, 0.5) is 11.5 Å². The fraction of sp³-hybridized carbons (Fsp3) is 0.600. The van der Waals surface area contributed by atoms with Crippen molar-refractivity contribution in [1.82, 2.24) is 4.98 Å². The number of carbonyl (C=O) groups is 1. The van der Waals surface area contributed by atoms with Crippen molar-refractivity contribution in [2.45, 2.75) is 45.6 Å². The number of anilines is 2. The molecule has 1 saturated carbocycles. The second-order valence-electron chi connectivity index (χ2n) is 6.48. The minimum Gasteiger partial charge on any atom is -0.396 e. The van der Waals surface area contributed by atoms with Gasteiger partial charge in [-0.1, -0.05) is 13.8 Å². The van der Waals surface area contributed by atoms with Gasteiger partial charge >= 0.3 is 0 Å². The molecule has 1 aliphatic rings. The van der Waals surface area contributed by atoms with Gasteiger partial charge in [-0.05, 0) is 43.2 Å². The highest BCUT2D eigenvalue weighted by Crippen LogP contribution is 2.38. The van der Waals surface area contributed by atoms with Crippen molar-refractivity contribution in [3.63, 3.8) is 0 Å². The maximum Gasteiger partial charge on any atom is 0.267 e. The van der Waals surface area contributed by atoms with E-state index in [-0.39, 0.29) is 5.69 Å². The normalized spacial score (nSPS) is 18.8. The second-order valence-corrected chi connectivity index (χ2v) is 6.48. The summed E-state index contributed by atoms with van der Waals surface area (Å²) in [5.74, 6) is 0.135. The van der Waals surface area contributed by atoms with Gasteiger partial charge in [0.2, 0.25) is 0 Å². The van der Waals surface area contributed by atoms with E-state index < -0.39 is 5.91 Å². The molecule has 1 amide bonds. The molecule has 1 aromatic rings. The maximum atomic E-state index is 11.2. The third-order valence-electron chi connectivity index (χ3n) is 4.35. The van der Waals surface area contributed by atoms with Crippen molar-refractivity contribution in [3.8, 4) is 0 Å². The quantitative estimate of drug-likeness (QED) is 0.886. The van der Waals surface area contributed by atoms with Gasteiger partial charge in [-0.2, -0.15) is 0 Å². The van der Waals surface area contributed by atoms with E-state index in [9.17, 15) is 4.79 Å². The van der Waals surface area contributed by atoms with Crippen LogP contribution >= 0.6 is 0 Å². The first-order valence-electron chi connectivity index (χ1n) is 7.09. The number of rotatable bonds is 3. The van der Waals surface area contributed by atoms with Crippen LogP contribution in [0, 0.1) is 5.41 Å². The number of carbonyl (C=O) groups excluding carboxylic acids is 1. The van der Waals surface area contributed by atoms with E-state index in [1.54, 1.807) is 12.1 Å². The average molecular weight is 276 g/mol. The number of nitrogen functional groups attached to an aromatic ring is 1.